The Hall–Kier alpha value is -3.28. The number of nitrogens with one attached hydrogen (secondary N) is 1. The van der Waals surface area contributed by atoms with E-state index < -0.39 is 5.97 Å². The summed E-state index contributed by atoms with van der Waals surface area (Å²) in [6, 6.07) is 14.5. The van der Waals surface area contributed by atoms with Gasteiger partial charge in [-0.2, -0.15) is 0 Å². The first-order valence-electron chi connectivity index (χ1n) is 8.52. The van der Waals surface area contributed by atoms with Gasteiger partial charge in [0.05, 0.1) is 27.2 Å². The summed E-state index contributed by atoms with van der Waals surface area (Å²) in [5, 5.41) is 2.64. The van der Waals surface area contributed by atoms with Crippen LogP contribution in [0.5, 0.6) is 11.5 Å². The molecule has 0 radical (unpaired) electrons. The van der Waals surface area contributed by atoms with E-state index in [1.165, 1.54) is 7.11 Å². The van der Waals surface area contributed by atoms with Crippen LogP contribution in [0, 0.1) is 0 Å². The van der Waals surface area contributed by atoms with Gasteiger partial charge in [0.15, 0.2) is 11.5 Å². The summed E-state index contributed by atoms with van der Waals surface area (Å²) >= 11 is 0. The first kappa shape index (κ1) is 20.0. The number of methoxy groups -OCH3 is 2. The molecule has 0 unspecified atom stereocenters. The summed E-state index contributed by atoms with van der Waals surface area (Å²) < 4.78 is 15.5. The van der Waals surface area contributed by atoms with E-state index in [2.05, 4.69) is 5.32 Å². The molecule has 142 valence electrons. The van der Waals surface area contributed by atoms with E-state index in [4.69, 9.17) is 14.2 Å². The summed E-state index contributed by atoms with van der Waals surface area (Å²) in [6.07, 6.45) is 1.70. The van der Waals surface area contributed by atoms with Crippen molar-refractivity contribution in [3.63, 3.8) is 0 Å². The van der Waals surface area contributed by atoms with Crippen molar-refractivity contribution < 1.29 is 23.8 Å². The molecule has 0 saturated carbocycles. The van der Waals surface area contributed by atoms with E-state index in [0.717, 1.165) is 5.56 Å². The lowest BCUT2D eigenvalue weighted by atomic mass is 10.1. The normalized spacial score (nSPS) is 10.9. The number of hydrogen-bond donors (Lipinski definition) is 1. The van der Waals surface area contributed by atoms with E-state index in [9.17, 15) is 9.59 Å². The highest BCUT2D eigenvalue weighted by Crippen LogP contribution is 2.28. The number of hydrogen-bond acceptors (Lipinski definition) is 5. The van der Waals surface area contributed by atoms with Gasteiger partial charge in [-0.05, 0) is 36.3 Å². The average molecular weight is 369 g/mol. The molecule has 1 N–H and O–H groups in total. The summed E-state index contributed by atoms with van der Waals surface area (Å²) in [5.74, 6) is 0.181. The molecule has 0 aliphatic rings. The van der Waals surface area contributed by atoms with E-state index in [-0.39, 0.29) is 24.6 Å². The SMILES string of the molecule is CCOC(=O)/C(=C\c1ccc(OC)c(OC)c1)NC(=O)Cc1ccccc1. The van der Waals surface area contributed by atoms with Gasteiger partial charge in [0.2, 0.25) is 5.91 Å². The molecule has 1 amide bonds. The Morgan fingerprint density at radius 1 is 1.00 bits per heavy atom. The lowest BCUT2D eigenvalue weighted by molar-refractivity contribution is -0.139. The van der Waals surface area contributed by atoms with Crippen molar-refractivity contribution in [3.8, 4) is 11.5 Å². The fourth-order valence-electron chi connectivity index (χ4n) is 2.44. The zero-order valence-electron chi connectivity index (χ0n) is 15.7. The Bertz CT molecular complexity index is 815. The minimum Gasteiger partial charge on any atom is -0.493 e. The van der Waals surface area contributed by atoms with Crippen LogP contribution in [0.2, 0.25) is 0 Å². The van der Waals surface area contributed by atoms with Gasteiger partial charge in [-0.25, -0.2) is 4.79 Å². The molecule has 0 aliphatic heterocycles. The fourth-order valence-corrected chi connectivity index (χ4v) is 2.44. The van der Waals surface area contributed by atoms with Crippen molar-refractivity contribution in [1.82, 2.24) is 5.32 Å². The topological polar surface area (TPSA) is 73.9 Å². The summed E-state index contributed by atoms with van der Waals surface area (Å²) in [7, 11) is 3.07. The lowest BCUT2D eigenvalue weighted by Gasteiger charge is -2.11. The van der Waals surface area contributed by atoms with Crippen molar-refractivity contribution in [1.29, 1.82) is 0 Å². The molecule has 0 aromatic heterocycles. The zero-order chi connectivity index (χ0) is 19.6. The Morgan fingerprint density at radius 2 is 1.70 bits per heavy atom. The van der Waals surface area contributed by atoms with Crippen LogP contribution in [0.4, 0.5) is 0 Å². The molecule has 0 aliphatic carbocycles. The molecular weight excluding hydrogens is 346 g/mol. The molecule has 2 aromatic carbocycles. The molecule has 0 heterocycles. The number of carbonyl (C=O) groups excluding carboxylic acids is 2. The van der Waals surface area contributed by atoms with Gasteiger partial charge in [-0.1, -0.05) is 36.4 Å². The first-order chi connectivity index (χ1) is 13.1. The van der Waals surface area contributed by atoms with Crippen molar-refractivity contribution >= 4 is 18.0 Å². The van der Waals surface area contributed by atoms with Gasteiger partial charge in [0, 0.05) is 0 Å². The Morgan fingerprint density at radius 3 is 2.33 bits per heavy atom. The van der Waals surface area contributed by atoms with Crippen LogP contribution in [0.25, 0.3) is 6.08 Å². The molecule has 27 heavy (non-hydrogen) atoms. The number of carbonyl (C=O) groups is 2. The van der Waals surface area contributed by atoms with Crippen LogP contribution < -0.4 is 14.8 Å². The van der Waals surface area contributed by atoms with Crippen LogP contribution in [-0.2, 0) is 20.7 Å². The highest BCUT2D eigenvalue weighted by atomic mass is 16.5. The highest BCUT2D eigenvalue weighted by molar-refractivity contribution is 5.98. The molecule has 0 atom stereocenters. The minimum absolute atomic E-state index is 0.0602. The van der Waals surface area contributed by atoms with E-state index in [1.54, 1.807) is 38.3 Å². The van der Waals surface area contributed by atoms with Gasteiger partial charge in [0.25, 0.3) is 0 Å². The quantitative estimate of drug-likeness (QED) is 0.572. The Kier molecular flexibility index (Phi) is 7.43. The summed E-state index contributed by atoms with van der Waals surface area (Å²) in [5.41, 5.74) is 1.57. The predicted octanol–water partition coefficient (Wildman–Crippen LogP) is 2.97. The number of esters is 1. The third-order valence-electron chi connectivity index (χ3n) is 3.70. The lowest BCUT2D eigenvalue weighted by Crippen LogP contribution is -2.29. The molecule has 0 fully saturated rings. The van der Waals surface area contributed by atoms with Gasteiger partial charge >= 0.3 is 5.97 Å². The molecule has 0 bridgehead atoms. The van der Waals surface area contributed by atoms with Gasteiger partial charge in [-0.3, -0.25) is 4.79 Å². The maximum absolute atomic E-state index is 12.3. The maximum atomic E-state index is 12.3. The fraction of sp³-hybridized carbons (Fsp3) is 0.238. The Labute approximate surface area is 158 Å². The van der Waals surface area contributed by atoms with Crippen LogP contribution in [-0.4, -0.2) is 32.7 Å². The average Bonchev–Trinajstić information content (AvgIpc) is 2.68. The van der Waals surface area contributed by atoms with Crippen LogP contribution in [0.15, 0.2) is 54.2 Å². The summed E-state index contributed by atoms with van der Waals surface area (Å²) in [6.45, 7) is 1.91. The number of ether oxygens (including phenoxy) is 3. The number of rotatable bonds is 8. The summed E-state index contributed by atoms with van der Waals surface area (Å²) in [4.78, 5) is 24.6. The number of benzene rings is 2. The van der Waals surface area contributed by atoms with E-state index in [0.29, 0.717) is 17.1 Å². The molecule has 0 saturated heterocycles. The largest absolute Gasteiger partial charge is 0.493 e. The third kappa shape index (κ3) is 5.88. The maximum Gasteiger partial charge on any atom is 0.354 e. The first-order valence-corrected chi connectivity index (χ1v) is 8.52. The van der Waals surface area contributed by atoms with Crippen molar-refractivity contribution in [3.05, 3.63) is 65.4 Å². The van der Waals surface area contributed by atoms with Crippen molar-refractivity contribution in [2.75, 3.05) is 20.8 Å². The zero-order valence-corrected chi connectivity index (χ0v) is 15.7. The monoisotopic (exact) mass is 369 g/mol. The van der Waals surface area contributed by atoms with Crippen molar-refractivity contribution in [2.24, 2.45) is 0 Å². The second kappa shape index (κ2) is 10.0. The Balaban J connectivity index is 2.24. The van der Waals surface area contributed by atoms with Crippen LogP contribution in [0.1, 0.15) is 18.1 Å². The highest BCUT2D eigenvalue weighted by Gasteiger charge is 2.15. The standard InChI is InChI=1S/C21H23NO5/c1-4-27-21(24)17(22-20(23)14-15-8-6-5-7-9-15)12-16-10-11-18(25-2)19(13-16)26-3/h5-13H,4,14H2,1-3H3,(H,22,23)/b17-12+. The molecular formula is C21H23NO5. The smallest absolute Gasteiger partial charge is 0.354 e. The molecule has 6 nitrogen and oxygen atoms in total. The van der Waals surface area contributed by atoms with Crippen LogP contribution >= 0.6 is 0 Å². The van der Waals surface area contributed by atoms with Gasteiger partial charge in [-0.15, -0.1) is 0 Å². The predicted molar refractivity (Wildman–Crippen MR) is 102 cm³/mol. The van der Waals surface area contributed by atoms with Crippen LogP contribution in [0.3, 0.4) is 0 Å². The molecule has 2 rings (SSSR count). The molecule has 0 spiro atoms. The second-order valence-corrected chi connectivity index (χ2v) is 5.60. The minimum atomic E-state index is -0.603. The third-order valence-corrected chi connectivity index (χ3v) is 3.70. The van der Waals surface area contributed by atoms with Crippen molar-refractivity contribution in [2.45, 2.75) is 13.3 Å². The van der Waals surface area contributed by atoms with Gasteiger partial charge < -0.3 is 19.5 Å². The van der Waals surface area contributed by atoms with E-state index in [1.807, 2.05) is 30.3 Å². The second-order valence-electron chi connectivity index (χ2n) is 5.60. The molecule has 6 heteroatoms. The molecule has 2 aromatic rings. The van der Waals surface area contributed by atoms with Gasteiger partial charge in [0.1, 0.15) is 5.70 Å². The number of amides is 1. The van der Waals surface area contributed by atoms with E-state index >= 15 is 0 Å².